The lowest BCUT2D eigenvalue weighted by molar-refractivity contribution is 0.0762. The minimum atomic E-state index is -0.683. The zero-order valence-electron chi connectivity index (χ0n) is 14.9. The molecule has 1 aromatic rings. The molecule has 1 aliphatic heterocycles. The van der Waals surface area contributed by atoms with Gasteiger partial charge < -0.3 is 20.2 Å². The molecule has 6 nitrogen and oxygen atoms in total. The van der Waals surface area contributed by atoms with E-state index in [1.165, 1.54) is 11.3 Å². The minimum absolute atomic E-state index is 0.0477. The standard InChI is InChI=1S/C17H27N3O3S2/c1-17(2,23)13-25-11-5-18-16(22)20-7-3-6-19(8-9-20)15(21)14-4-10-24-12-14/h4,10,12,23H,3,5-9,11,13H2,1-2H3,(H,18,22). The van der Waals surface area contributed by atoms with Gasteiger partial charge in [-0.25, -0.2) is 4.79 Å². The highest BCUT2D eigenvalue weighted by Crippen LogP contribution is 2.13. The van der Waals surface area contributed by atoms with E-state index in [9.17, 15) is 14.7 Å². The molecule has 0 unspecified atom stereocenters. The highest BCUT2D eigenvalue weighted by Gasteiger charge is 2.22. The maximum Gasteiger partial charge on any atom is 0.317 e. The number of carbonyl (C=O) groups is 2. The van der Waals surface area contributed by atoms with Crippen LogP contribution >= 0.6 is 23.1 Å². The predicted molar refractivity (Wildman–Crippen MR) is 103 cm³/mol. The van der Waals surface area contributed by atoms with Crippen LogP contribution in [0.25, 0.3) is 0 Å². The van der Waals surface area contributed by atoms with Crippen LogP contribution in [0.3, 0.4) is 0 Å². The monoisotopic (exact) mass is 385 g/mol. The van der Waals surface area contributed by atoms with Crippen molar-refractivity contribution in [3.8, 4) is 0 Å². The molecule has 1 fully saturated rings. The number of thiophene rings is 1. The molecule has 140 valence electrons. The Labute approximate surface area is 157 Å². The summed E-state index contributed by atoms with van der Waals surface area (Å²) in [5, 5.41) is 16.3. The summed E-state index contributed by atoms with van der Waals surface area (Å²) in [6, 6.07) is 1.77. The molecule has 25 heavy (non-hydrogen) atoms. The van der Waals surface area contributed by atoms with Gasteiger partial charge in [0, 0.05) is 49.6 Å². The van der Waals surface area contributed by atoms with Crippen molar-refractivity contribution < 1.29 is 14.7 Å². The second-order valence-corrected chi connectivity index (χ2v) is 8.63. The lowest BCUT2D eigenvalue weighted by Gasteiger charge is -2.22. The Hall–Kier alpha value is -1.25. The number of nitrogens with one attached hydrogen (secondary N) is 1. The van der Waals surface area contributed by atoms with Crippen LogP contribution in [-0.2, 0) is 0 Å². The number of amides is 3. The summed E-state index contributed by atoms with van der Waals surface area (Å²) in [4.78, 5) is 28.3. The van der Waals surface area contributed by atoms with Gasteiger partial charge in [0.15, 0.2) is 0 Å². The van der Waals surface area contributed by atoms with E-state index in [1.54, 1.807) is 30.5 Å². The van der Waals surface area contributed by atoms with Crippen molar-refractivity contribution in [2.24, 2.45) is 0 Å². The number of urea groups is 1. The van der Waals surface area contributed by atoms with Crippen molar-refractivity contribution in [2.45, 2.75) is 25.9 Å². The number of nitrogens with zero attached hydrogens (tertiary/aromatic N) is 2. The van der Waals surface area contributed by atoms with Gasteiger partial charge in [0.25, 0.3) is 5.91 Å². The van der Waals surface area contributed by atoms with E-state index in [-0.39, 0.29) is 11.9 Å². The van der Waals surface area contributed by atoms with E-state index >= 15 is 0 Å². The van der Waals surface area contributed by atoms with Crippen LogP contribution in [0.4, 0.5) is 4.79 Å². The maximum absolute atomic E-state index is 12.4. The second-order valence-electron chi connectivity index (χ2n) is 6.74. The van der Waals surface area contributed by atoms with Crippen LogP contribution < -0.4 is 5.32 Å². The Bertz CT molecular complexity index is 558. The van der Waals surface area contributed by atoms with Crippen LogP contribution in [0.2, 0.25) is 0 Å². The summed E-state index contributed by atoms with van der Waals surface area (Å²) in [7, 11) is 0. The molecular formula is C17H27N3O3S2. The summed E-state index contributed by atoms with van der Waals surface area (Å²) in [5.41, 5.74) is 0.0458. The molecule has 0 aliphatic carbocycles. The van der Waals surface area contributed by atoms with Crippen molar-refractivity contribution in [1.29, 1.82) is 0 Å². The van der Waals surface area contributed by atoms with Gasteiger partial charge in [0.2, 0.25) is 0 Å². The van der Waals surface area contributed by atoms with E-state index < -0.39 is 5.60 Å². The van der Waals surface area contributed by atoms with Crippen LogP contribution in [0.1, 0.15) is 30.6 Å². The van der Waals surface area contributed by atoms with Crippen molar-refractivity contribution >= 4 is 35.0 Å². The molecule has 1 aliphatic rings. The molecule has 2 rings (SSSR count). The molecule has 2 N–H and O–H groups in total. The Morgan fingerprint density at radius 3 is 2.68 bits per heavy atom. The number of rotatable bonds is 6. The Balaban J connectivity index is 1.71. The van der Waals surface area contributed by atoms with Gasteiger partial charge >= 0.3 is 6.03 Å². The number of thioether (sulfide) groups is 1. The Kier molecular flexibility index (Phi) is 7.58. The third-order valence-electron chi connectivity index (χ3n) is 3.82. The molecule has 0 spiro atoms. The number of aliphatic hydroxyl groups is 1. The van der Waals surface area contributed by atoms with Crippen LogP contribution in [0.15, 0.2) is 16.8 Å². The zero-order valence-corrected chi connectivity index (χ0v) is 16.5. The lowest BCUT2D eigenvalue weighted by Crippen LogP contribution is -2.43. The third-order valence-corrected chi connectivity index (χ3v) is 5.90. The first-order valence-electron chi connectivity index (χ1n) is 8.51. The van der Waals surface area contributed by atoms with Gasteiger partial charge in [-0.3, -0.25) is 4.79 Å². The summed E-state index contributed by atoms with van der Waals surface area (Å²) in [5.74, 6) is 1.46. The molecule has 1 aromatic heterocycles. The Morgan fingerprint density at radius 1 is 1.28 bits per heavy atom. The van der Waals surface area contributed by atoms with Crippen molar-refractivity contribution in [3.63, 3.8) is 0 Å². The minimum Gasteiger partial charge on any atom is -0.390 e. The molecule has 0 bridgehead atoms. The highest BCUT2D eigenvalue weighted by molar-refractivity contribution is 7.99. The molecule has 0 saturated carbocycles. The normalized spacial score (nSPS) is 15.8. The molecule has 1 saturated heterocycles. The van der Waals surface area contributed by atoms with E-state index in [0.717, 1.165) is 17.7 Å². The molecule has 0 aromatic carbocycles. The molecule has 2 heterocycles. The SMILES string of the molecule is CC(C)(O)CSCCNC(=O)N1CCCN(C(=O)c2ccsc2)CC1. The van der Waals surface area contributed by atoms with Crippen molar-refractivity contribution in [2.75, 3.05) is 44.2 Å². The van der Waals surface area contributed by atoms with Gasteiger partial charge in [-0.1, -0.05) is 0 Å². The number of hydrogen-bond donors (Lipinski definition) is 2. The average molecular weight is 386 g/mol. The van der Waals surface area contributed by atoms with Gasteiger partial charge in [0.1, 0.15) is 0 Å². The van der Waals surface area contributed by atoms with Gasteiger partial charge in [-0.15, -0.1) is 0 Å². The predicted octanol–water partition coefficient (Wildman–Crippen LogP) is 2.11. The summed E-state index contributed by atoms with van der Waals surface area (Å²) in [6.45, 7) is 6.59. The van der Waals surface area contributed by atoms with Gasteiger partial charge in [-0.2, -0.15) is 23.1 Å². The highest BCUT2D eigenvalue weighted by atomic mass is 32.2. The zero-order chi connectivity index (χ0) is 18.3. The first-order chi connectivity index (χ1) is 11.9. The summed E-state index contributed by atoms with van der Waals surface area (Å²) in [6.07, 6.45) is 0.788. The van der Waals surface area contributed by atoms with Gasteiger partial charge in [-0.05, 0) is 31.7 Å². The molecule has 8 heteroatoms. The fourth-order valence-corrected chi connectivity index (χ4v) is 4.08. The van der Waals surface area contributed by atoms with E-state index in [0.29, 0.717) is 38.5 Å². The quantitative estimate of drug-likeness (QED) is 0.736. The van der Waals surface area contributed by atoms with Crippen LogP contribution in [0.5, 0.6) is 0 Å². The molecule has 0 atom stereocenters. The summed E-state index contributed by atoms with van der Waals surface area (Å²) >= 11 is 3.14. The average Bonchev–Trinajstić information content (AvgIpc) is 2.97. The van der Waals surface area contributed by atoms with E-state index in [1.807, 2.05) is 21.7 Å². The first kappa shape index (κ1) is 20.1. The number of hydrogen-bond acceptors (Lipinski definition) is 5. The molecule has 3 amide bonds. The van der Waals surface area contributed by atoms with Crippen LogP contribution in [-0.4, -0.2) is 76.7 Å². The fourth-order valence-electron chi connectivity index (χ4n) is 2.56. The smallest absolute Gasteiger partial charge is 0.317 e. The lowest BCUT2D eigenvalue weighted by atomic mass is 10.2. The third kappa shape index (κ3) is 6.87. The van der Waals surface area contributed by atoms with E-state index in [2.05, 4.69) is 5.32 Å². The van der Waals surface area contributed by atoms with Crippen molar-refractivity contribution in [1.82, 2.24) is 15.1 Å². The first-order valence-corrected chi connectivity index (χ1v) is 10.6. The topological polar surface area (TPSA) is 72.9 Å². The maximum atomic E-state index is 12.4. The molecular weight excluding hydrogens is 358 g/mol. The fraction of sp³-hybridized carbons (Fsp3) is 0.647. The molecule has 0 radical (unpaired) electrons. The van der Waals surface area contributed by atoms with Crippen molar-refractivity contribution in [3.05, 3.63) is 22.4 Å². The van der Waals surface area contributed by atoms with Crippen LogP contribution in [0, 0.1) is 0 Å². The summed E-state index contributed by atoms with van der Waals surface area (Å²) < 4.78 is 0. The van der Waals surface area contributed by atoms with E-state index in [4.69, 9.17) is 0 Å². The van der Waals surface area contributed by atoms with Gasteiger partial charge in [0.05, 0.1) is 11.2 Å². The number of carbonyl (C=O) groups excluding carboxylic acids is 2. The second kappa shape index (κ2) is 9.45. The largest absolute Gasteiger partial charge is 0.390 e. The Morgan fingerprint density at radius 2 is 2.00 bits per heavy atom.